The minimum Gasteiger partial charge on any atom is -0.459 e. The van der Waals surface area contributed by atoms with Gasteiger partial charge in [0, 0.05) is 24.2 Å². The molecule has 0 radical (unpaired) electrons. The van der Waals surface area contributed by atoms with Crippen LogP contribution in [0.15, 0.2) is 24.5 Å². The van der Waals surface area contributed by atoms with Crippen molar-refractivity contribution >= 4 is 17.0 Å². The lowest BCUT2D eigenvalue weighted by Gasteiger charge is -2.22. The number of aromatic amines is 1. The van der Waals surface area contributed by atoms with E-state index in [0.717, 1.165) is 16.6 Å². The van der Waals surface area contributed by atoms with E-state index in [2.05, 4.69) is 9.97 Å². The summed E-state index contributed by atoms with van der Waals surface area (Å²) in [7, 11) is 0. The first kappa shape index (κ1) is 13.5. The lowest BCUT2D eigenvalue weighted by atomic mass is 10.1. The van der Waals surface area contributed by atoms with Crippen molar-refractivity contribution in [3.8, 4) is 0 Å². The van der Waals surface area contributed by atoms with Crippen LogP contribution in [0.5, 0.6) is 0 Å². The first-order chi connectivity index (χ1) is 8.87. The van der Waals surface area contributed by atoms with Crippen LogP contribution in [-0.2, 0) is 16.0 Å². The predicted octanol–water partition coefficient (Wildman–Crippen LogP) is 1.77. The highest BCUT2D eigenvalue weighted by Crippen LogP contribution is 2.18. The number of hydrogen-bond donors (Lipinski definition) is 2. The second-order valence-corrected chi connectivity index (χ2v) is 5.56. The van der Waals surface area contributed by atoms with E-state index >= 15 is 0 Å². The molecule has 0 saturated carbocycles. The topological polar surface area (TPSA) is 81.0 Å². The van der Waals surface area contributed by atoms with Crippen molar-refractivity contribution < 1.29 is 9.53 Å². The van der Waals surface area contributed by atoms with Crippen LogP contribution in [0.4, 0.5) is 0 Å². The van der Waals surface area contributed by atoms with Gasteiger partial charge < -0.3 is 15.5 Å². The number of fused-ring (bicyclic) bond motifs is 1. The molecule has 0 amide bonds. The zero-order valence-corrected chi connectivity index (χ0v) is 11.4. The number of ether oxygens (including phenoxy) is 1. The van der Waals surface area contributed by atoms with E-state index in [1.807, 2.05) is 39.1 Å². The smallest absolute Gasteiger partial charge is 0.323 e. The van der Waals surface area contributed by atoms with Crippen LogP contribution >= 0.6 is 0 Å². The van der Waals surface area contributed by atoms with Gasteiger partial charge in [-0.05, 0) is 38.5 Å². The van der Waals surface area contributed by atoms with E-state index in [9.17, 15) is 4.79 Å². The largest absolute Gasteiger partial charge is 0.459 e. The van der Waals surface area contributed by atoms with Crippen LogP contribution in [0.2, 0.25) is 0 Å². The van der Waals surface area contributed by atoms with Crippen LogP contribution in [0, 0.1) is 0 Å². The maximum absolute atomic E-state index is 11.8. The molecule has 0 aliphatic rings. The van der Waals surface area contributed by atoms with E-state index in [-0.39, 0.29) is 5.97 Å². The van der Waals surface area contributed by atoms with Gasteiger partial charge in [0.05, 0.1) is 0 Å². The highest BCUT2D eigenvalue weighted by atomic mass is 16.6. The quantitative estimate of drug-likeness (QED) is 0.825. The number of carbonyl (C=O) groups excluding carboxylic acids is 1. The van der Waals surface area contributed by atoms with Crippen molar-refractivity contribution in [1.82, 2.24) is 9.97 Å². The molecule has 2 aromatic rings. The van der Waals surface area contributed by atoms with Gasteiger partial charge in [-0.15, -0.1) is 0 Å². The molecule has 5 nitrogen and oxygen atoms in total. The summed E-state index contributed by atoms with van der Waals surface area (Å²) < 4.78 is 5.27. The fraction of sp³-hybridized carbons (Fsp3) is 0.429. The van der Waals surface area contributed by atoms with Crippen LogP contribution in [-0.4, -0.2) is 27.6 Å². The number of pyridine rings is 1. The summed E-state index contributed by atoms with van der Waals surface area (Å²) in [6.45, 7) is 5.48. The van der Waals surface area contributed by atoms with Crippen molar-refractivity contribution in [1.29, 1.82) is 0 Å². The van der Waals surface area contributed by atoms with Crippen LogP contribution < -0.4 is 5.73 Å². The van der Waals surface area contributed by atoms with E-state index < -0.39 is 11.6 Å². The standard InChI is InChI=1S/C14H19N3O2/c1-14(2,3)19-13(18)11(15)7-9-8-17-12-10(9)5-4-6-16-12/h4-6,8,11H,7,15H2,1-3H3,(H,16,17)/t11-/m0/s1. The molecule has 0 bridgehead atoms. The van der Waals surface area contributed by atoms with Gasteiger partial charge in [-0.3, -0.25) is 4.79 Å². The average Bonchev–Trinajstić information content (AvgIpc) is 2.70. The van der Waals surface area contributed by atoms with Crippen molar-refractivity contribution in [2.24, 2.45) is 5.73 Å². The fourth-order valence-corrected chi connectivity index (χ4v) is 1.88. The molecule has 0 saturated heterocycles. The number of nitrogens with two attached hydrogens (primary N) is 1. The van der Waals surface area contributed by atoms with Gasteiger partial charge in [0.1, 0.15) is 17.3 Å². The second-order valence-electron chi connectivity index (χ2n) is 5.56. The number of nitrogens with zero attached hydrogens (tertiary/aromatic N) is 1. The number of aromatic nitrogens is 2. The predicted molar refractivity (Wildman–Crippen MR) is 73.6 cm³/mol. The molecule has 2 aromatic heterocycles. The van der Waals surface area contributed by atoms with Gasteiger partial charge in [0.25, 0.3) is 0 Å². The molecule has 0 aromatic carbocycles. The molecule has 19 heavy (non-hydrogen) atoms. The number of hydrogen-bond acceptors (Lipinski definition) is 4. The summed E-state index contributed by atoms with van der Waals surface area (Å²) in [4.78, 5) is 19.1. The highest BCUT2D eigenvalue weighted by molar-refractivity contribution is 5.82. The van der Waals surface area contributed by atoms with Crippen molar-refractivity contribution in [3.05, 3.63) is 30.1 Å². The Morgan fingerprint density at radius 2 is 2.26 bits per heavy atom. The van der Waals surface area contributed by atoms with Gasteiger partial charge in [0.15, 0.2) is 0 Å². The van der Waals surface area contributed by atoms with Crippen molar-refractivity contribution in [2.45, 2.75) is 38.8 Å². The monoisotopic (exact) mass is 261 g/mol. The Bertz CT molecular complexity index is 584. The van der Waals surface area contributed by atoms with Crippen LogP contribution in [0.1, 0.15) is 26.3 Å². The average molecular weight is 261 g/mol. The third-order valence-corrected chi connectivity index (χ3v) is 2.69. The SMILES string of the molecule is CC(C)(C)OC(=O)[C@@H](N)Cc1c[nH]c2ncccc12. The molecule has 0 spiro atoms. The molecule has 1 atom stereocenters. The number of carbonyl (C=O) groups is 1. The molecule has 102 valence electrons. The van der Waals surface area contributed by atoms with Gasteiger partial charge in [-0.25, -0.2) is 4.98 Å². The summed E-state index contributed by atoms with van der Waals surface area (Å²) in [5.74, 6) is -0.384. The molecule has 0 unspecified atom stereocenters. The minimum atomic E-state index is -0.668. The van der Waals surface area contributed by atoms with E-state index in [0.29, 0.717) is 6.42 Å². The molecular weight excluding hydrogens is 242 g/mol. The third-order valence-electron chi connectivity index (χ3n) is 2.69. The van der Waals surface area contributed by atoms with Crippen molar-refractivity contribution in [3.63, 3.8) is 0 Å². The Morgan fingerprint density at radius 1 is 1.53 bits per heavy atom. The van der Waals surface area contributed by atoms with Crippen LogP contribution in [0.3, 0.4) is 0 Å². The summed E-state index contributed by atoms with van der Waals surface area (Å²) >= 11 is 0. The molecule has 3 N–H and O–H groups in total. The highest BCUT2D eigenvalue weighted by Gasteiger charge is 2.23. The number of rotatable bonds is 3. The summed E-state index contributed by atoms with van der Waals surface area (Å²) in [5.41, 5.74) is 7.15. The van der Waals surface area contributed by atoms with Crippen molar-refractivity contribution in [2.75, 3.05) is 0 Å². The van der Waals surface area contributed by atoms with Crippen LogP contribution in [0.25, 0.3) is 11.0 Å². The van der Waals surface area contributed by atoms with Gasteiger partial charge in [-0.2, -0.15) is 0 Å². The van der Waals surface area contributed by atoms with E-state index in [4.69, 9.17) is 10.5 Å². The minimum absolute atomic E-state index is 0.384. The summed E-state index contributed by atoms with van der Waals surface area (Å²) in [5, 5.41) is 0.988. The zero-order chi connectivity index (χ0) is 14.0. The normalized spacial score (nSPS) is 13.5. The molecule has 0 aliphatic carbocycles. The molecule has 0 fully saturated rings. The fourth-order valence-electron chi connectivity index (χ4n) is 1.88. The Balaban J connectivity index is 2.10. The van der Waals surface area contributed by atoms with Gasteiger partial charge >= 0.3 is 5.97 Å². The Hall–Kier alpha value is -1.88. The lowest BCUT2D eigenvalue weighted by Crippen LogP contribution is -2.38. The zero-order valence-electron chi connectivity index (χ0n) is 11.4. The molecule has 2 heterocycles. The maximum Gasteiger partial charge on any atom is 0.323 e. The Morgan fingerprint density at radius 3 is 2.95 bits per heavy atom. The van der Waals surface area contributed by atoms with Gasteiger partial charge in [0.2, 0.25) is 0 Å². The first-order valence-corrected chi connectivity index (χ1v) is 6.26. The molecule has 5 heteroatoms. The first-order valence-electron chi connectivity index (χ1n) is 6.26. The number of H-pyrrole nitrogens is 1. The maximum atomic E-state index is 11.8. The molecule has 2 rings (SSSR count). The molecular formula is C14H19N3O2. The summed E-state index contributed by atoms with van der Waals surface area (Å²) in [6, 6.07) is 3.15. The lowest BCUT2D eigenvalue weighted by molar-refractivity contribution is -0.156. The molecule has 0 aliphatic heterocycles. The van der Waals surface area contributed by atoms with E-state index in [1.165, 1.54) is 0 Å². The van der Waals surface area contributed by atoms with E-state index in [1.54, 1.807) is 6.20 Å². The summed E-state index contributed by atoms with van der Waals surface area (Å²) in [6.07, 6.45) is 3.99. The second kappa shape index (κ2) is 5.01. The third kappa shape index (κ3) is 3.32. The number of nitrogens with one attached hydrogen (secondary N) is 1. The Kier molecular flexibility index (Phi) is 3.57. The Labute approximate surface area is 112 Å². The number of esters is 1. The van der Waals surface area contributed by atoms with Gasteiger partial charge in [-0.1, -0.05) is 0 Å².